The lowest BCUT2D eigenvalue weighted by molar-refractivity contribution is -0.150. The highest BCUT2D eigenvalue weighted by Crippen LogP contribution is 2.38. The van der Waals surface area contributed by atoms with Crippen LogP contribution in [0.25, 0.3) is 0 Å². The summed E-state index contributed by atoms with van der Waals surface area (Å²) in [6, 6.07) is 3.86. The minimum Gasteiger partial charge on any atom is -0.507 e. The number of phenolic OH excluding ortho intramolecular Hbond substituents is 1. The molecule has 4 heteroatoms. The molecule has 124 valence electrons. The van der Waals surface area contributed by atoms with Gasteiger partial charge in [0.05, 0.1) is 7.11 Å². The summed E-state index contributed by atoms with van der Waals surface area (Å²) in [5.41, 5.74) is 2.10. The average Bonchev–Trinajstić information content (AvgIpc) is 2.37. The summed E-state index contributed by atoms with van der Waals surface area (Å²) in [6.45, 7) is 12.3. The van der Waals surface area contributed by atoms with E-state index in [4.69, 9.17) is 0 Å². The summed E-state index contributed by atoms with van der Waals surface area (Å²) in [7, 11) is 1.23. The molecule has 0 bridgehead atoms. The Morgan fingerprint density at radius 1 is 1.14 bits per heavy atom. The van der Waals surface area contributed by atoms with Crippen LogP contribution in [-0.4, -0.2) is 29.4 Å². The van der Waals surface area contributed by atoms with Crippen LogP contribution in [0, 0.1) is 0 Å². The molecule has 0 radical (unpaired) electrons. The molecule has 0 aliphatic rings. The van der Waals surface area contributed by atoms with Crippen molar-refractivity contribution in [1.82, 2.24) is 0 Å². The van der Waals surface area contributed by atoms with Crippen molar-refractivity contribution < 1.29 is 19.7 Å². The third kappa shape index (κ3) is 4.23. The second kappa shape index (κ2) is 6.29. The van der Waals surface area contributed by atoms with Crippen LogP contribution in [0.2, 0.25) is 0 Å². The van der Waals surface area contributed by atoms with Gasteiger partial charge in [-0.3, -0.25) is 0 Å². The number of esters is 1. The standard InChI is InChI=1S/C18H28O4/c1-17(2,3)12-8-11(9-14(19)16(21)22-7)15(20)13(10-12)18(4,5)6/h8,10,14,19-20H,9H2,1-7H3. The number of methoxy groups -OCH3 is 1. The molecular weight excluding hydrogens is 280 g/mol. The molecule has 1 aromatic rings. The second-order valence-corrected chi connectivity index (χ2v) is 7.77. The highest BCUT2D eigenvalue weighted by Gasteiger charge is 2.27. The van der Waals surface area contributed by atoms with Gasteiger partial charge in [-0.15, -0.1) is 0 Å². The van der Waals surface area contributed by atoms with Gasteiger partial charge in [0.1, 0.15) is 5.75 Å². The van der Waals surface area contributed by atoms with E-state index in [0.29, 0.717) is 5.56 Å². The maximum atomic E-state index is 11.4. The summed E-state index contributed by atoms with van der Waals surface area (Å²) in [5.74, 6) is -0.554. The van der Waals surface area contributed by atoms with E-state index < -0.39 is 12.1 Å². The van der Waals surface area contributed by atoms with E-state index in [9.17, 15) is 15.0 Å². The molecule has 1 rings (SSSR count). The Balaban J connectivity index is 3.40. The van der Waals surface area contributed by atoms with Crippen molar-refractivity contribution in [2.75, 3.05) is 7.11 Å². The molecule has 0 saturated heterocycles. The fraction of sp³-hybridized carbons (Fsp3) is 0.611. The summed E-state index contributed by atoms with van der Waals surface area (Å²) in [4.78, 5) is 11.4. The normalized spacial score (nSPS) is 13.8. The number of aromatic hydroxyl groups is 1. The van der Waals surface area contributed by atoms with Gasteiger partial charge in [0.25, 0.3) is 0 Å². The Labute approximate surface area is 133 Å². The molecule has 0 fully saturated rings. The molecule has 0 aliphatic heterocycles. The second-order valence-electron chi connectivity index (χ2n) is 7.77. The van der Waals surface area contributed by atoms with Gasteiger partial charge in [-0.05, 0) is 27.5 Å². The van der Waals surface area contributed by atoms with E-state index in [1.165, 1.54) is 7.11 Å². The van der Waals surface area contributed by atoms with Crippen molar-refractivity contribution in [3.8, 4) is 5.75 Å². The molecule has 1 atom stereocenters. The van der Waals surface area contributed by atoms with Gasteiger partial charge >= 0.3 is 5.97 Å². The number of hydrogen-bond acceptors (Lipinski definition) is 4. The summed E-state index contributed by atoms with van der Waals surface area (Å²) in [6.07, 6.45) is -1.25. The first kappa shape index (κ1) is 18.5. The molecule has 0 spiro atoms. The van der Waals surface area contributed by atoms with E-state index in [1.807, 2.05) is 32.9 Å². The number of benzene rings is 1. The third-order valence-corrected chi connectivity index (χ3v) is 3.75. The van der Waals surface area contributed by atoms with Crippen LogP contribution < -0.4 is 0 Å². The number of rotatable bonds is 3. The van der Waals surface area contributed by atoms with Crippen molar-refractivity contribution in [1.29, 1.82) is 0 Å². The zero-order valence-electron chi connectivity index (χ0n) is 14.7. The lowest BCUT2D eigenvalue weighted by atomic mass is 9.78. The van der Waals surface area contributed by atoms with Crippen molar-refractivity contribution in [3.63, 3.8) is 0 Å². The highest BCUT2D eigenvalue weighted by molar-refractivity contribution is 5.74. The van der Waals surface area contributed by atoms with Gasteiger partial charge in [-0.25, -0.2) is 4.79 Å². The molecular formula is C18H28O4. The predicted octanol–water partition coefficient (Wildman–Crippen LogP) is 3.06. The minimum absolute atomic E-state index is 0.0332. The minimum atomic E-state index is -1.28. The molecule has 2 N–H and O–H groups in total. The predicted molar refractivity (Wildman–Crippen MR) is 87.2 cm³/mol. The van der Waals surface area contributed by atoms with Crippen molar-refractivity contribution >= 4 is 5.97 Å². The van der Waals surface area contributed by atoms with Gasteiger partial charge < -0.3 is 14.9 Å². The van der Waals surface area contributed by atoms with E-state index >= 15 is 0 Å². The maximum Gasteiger partial charge on any atom is 0.335 e. The van der Waals surface area contributed by atoms with Crippen LogP contribution in [0.3, 0.4) is 0 Å². The number of aliphatic hydroxyl groups is 1. The van der Waals surface area contributed by atoms with Gasteiger partial charge in [-0.2, -0.15) is 0 Å². The number of carbonyl (C=O) groups excluding carboxylic acids is 1. The Morgan fingerprint density at radius 2 is 1.68 bits per heavy atom. The van der Waals surface area contributed by atoms with Gasteiger partial charge in [0.15, 0.2) is 6.10 Å². The first-order valence-electron chi connectivity index (χ1n) is 7.50. The molecule has 0 aliphatic carbocycles. The topological polar surface area (TPSA) is 66.8 Å². The zero-order chi connectivity index (χ0) is 17.3. The Morgan fingerprint density at radius 3 is 2.09 bits per heavy atom. The van der Waals surface area contributed by atoms with Gasteiger partial charge in [0, 0.05) is 6.42 Å². The van der Waals surface area contributed by atoms with Crippen molar-refractivity contribution in [3.05, 3.63) is 28.8 Å². The van der Waals surface area contributed by atoms with Crippen LogP contribution >= 0.6 is 0 Å². The number of carbonyl (C=O) groups is 1. The van der Waals surface area contributed by atoms with Crippen molar-refractivity contribution in [2.45, 2.75) is 64.9 Å². The van der Waals surface area contributed by atoms with E-state index in [1.54, 1.807) is 0 Å². The first-order chi connectivity index (χ1) is 9.87. The smallest absolute Gasteiger partial charge is 0.335 e. The van der Waals surface area contributed by atoms with Crippen LogP contribution in [0.5, 0.6) is 5.75 Å². The molecule has 1 unspecified atom stereocenters. The molecule has 1 aromatic carbocycles. The Kier molecular flexibility index (Phi) is 5.29. The van der Waals surface area contributed by atoms with Gasteiger partial charge in [-0.1, -0.05) is 53.7 Å². The summed E-state index contributed by atoms with van der Waals surface area (Å²) in [5, 5.41) is 20.5. The molecule has 0 saturated carbocycles. The largest absolute Gasteiger partial charge is 0.507 e. The highest BCUT2D eigenvalue weighted by atomic mass is 16.5. The summed E-state index contributed by atoms with van der Waals surface area (Å²) < 4.78 is 4.55. The SMILES string of the molecule is COC(=O)C(O)Cc1cc(C(C)(C)C)cc(C(C)(C)C)c1O. The van der Waals surface area contributed by atoms with E-state index in [2.05, 4.69) is 25.5 Å². The quantitative estimate of drug-likeness (QED) is 0.842. The molecule has 0 amide bonds. The summed E-state index contributed by atoms with van der Waals surface area (Å²) >= 11 is 0. The average molecular weight is 308 g/mol. The van der Waals surface area contributed by atoms with Crippen LogP contribution in [0.1, 0.15) is 58.2 Å². The molecule has 22 heavy (non-hydrogen) atoms. The van der Waals surface area contributed by atoms with Crippen molar-refractivity contribution in [2.24, 2.45) is 0 Å². The van der Waals surface area contributed by atoms with Gasteiger partial charge in [0.2, 0.25) is 0 Å². The number of hydrogen-bond donors (Lipinski definition) is 2. The molecule has 4 nitrogen and oxygen atoms in total. The van der Waals surface area contributed by atoms with E-state index in [0.717, 1.165) is 11.1 Å². The number of phenols is 1. The van der Waals surface area contributed by atoms with Crippen LogP contribution in [-0.2, 0) is 26.8 Å². The van der Waals surface area contributed by atoms with Crippen LogP contribution in [0.15, 0.2) is 12.1 Å². The number of ether oxygens (including phenoxy) is 1. The Bertz CT molecular complexity index is 547. The zero-order valence-corrected chi connectivity index (χ0v) is 14.7. The number of aliphatic hydroxyl groups excluding tert-OH is 1. The Hall–Kier alpha value is -1.55. The molecule has 0 aromatic heterocycles. The first-order valence-corrected chi connectivity index (χ1v) is 7.50. The molecule has 0 heterocycles. The third-order valence-electron chi connectivity index (χ3n) is 3.75. The lowest BCUT2D eigenvalue weighted by Gasteiger charge is -2.28. The fourth-order valence-corrected chi connectivity index (χ4v) is 2.28. The van der Waals surface area contributed by atoms with E-state index in [-0.39, 0.29) is 23.0 Å². The maximum absolute atomic E-state index is 11.4. The monoisotopic (exact) mass is 308 g/mol. The lowest BCUT2D eigenvalue weighted by Crippen LogP contribution is -2.25. The van der Waals surface area contributed by atoms with Crippen LogP contribution in [0.4, 0.5) is 0 Å². The fourth-order valence-electron chi connectivity index (χ4n) is 2.28.